The number of hydrogen-bond donors (Lipinski definition) is 2. The maximum absolute atomic E-state index is 10.1. The first kappa shape index (κ1) is 15.3. The third-order valence-corrected chi connectivity index (χ3v) is 3.23. The highest BCUT2D eigenvalue weighted by molar-refractivity contribution is 5.54. The zero-order valence-corrected chi connectivity index (χ0v) is 12.0. The van der Waals surface area contributed by atoms with Gasteiger partial charge in [0.25, 0.3) is 0 Å². The van der Waals surface area contributed by atoms with Crippen molar-refractivity contribution < 1.29 is 5.11 Å². The van der Waals surface area contributed by atoms with E-state index in [0.29, 0.717) is 18.7 Å². The van der Waals surface area contributed by atoms with Crippen molar-refractivity contribution in [3.8, 4) is 11.8 Å². The molecule has 0 fully saturated rings. The van der Waals surface area contributed by atoms with Crippen LogP contribution in [-0.2, 0) is 0 Å². The Balaban J connectivity index is 2.88. The second kappa shape index (κ2) is 7.65. The van der Waals surface area contributed by atoms with E-state index in [2.05, 4.69) is 16.3 Å². The molecule has 0 amide bonds. The minimum absolute atomic E-state index is 0.133. The molecule has 4 heteroatoms. The van der Waals surface area contributed by atoms with Gasteiger partial charge in [0, 0.05) is 36.4 Å². The number of rotatable bonds is 7. The highest BCUT2D eigenvalue weighted by Gasteiger charge is 2.12. The number of nitrogens with one attached hydrogen (secondary N) is 1. The summed E-state index contributed by atoms with van der Waals surface area (Å²) in [6, 6.07) is 8.02. The number of phenolic OH excluding ortho intramolecular Hbond substituents is 1. The molecular formula is C15H23N3O. The lowest BCUT2D eigenvalue weighted by Gasteiger charge is -2.23. The molecule has 0 saturated heterocycles. The van der Waals surface area contributed by atoms with Crippen molar-refractivity contribution in [3.05, 3.63) is 23.8 Å². The van der Waals surface area contributed by atoms with Crippen LogP contribution >= 0.6 is 0 Å². The maximum atomic E-state index is 10.1. The van der Waals surface area contributed by atoms with Gasteiger partial charge in [0.15, 0.2) is 0 Å². The van der Waals surface area contributed by atoms with Crippen LogP contribution in [0.5, 0.6) is 5.75 Å². The second-order valence-electron chi connectivity index (χ2n) is 4.51. The van der Waals surface area contributed by atoms with Crippen LogP contribution in [0.25, 0.3) is 0 Å². The van der Waals surface area contributed by atoms with Crippen molar-refractivity contribution in [2.75, 3.05) is 24.5 Å². The Morgan fingerprint density at radius 3 is 2.68 bits per heavy atom. The standard InChI is InChI=1S/C15H23N3O/c1-4-17-12(3)14-8-7-13(11-15(14)19)18(5-2)10-6-9-16/h7-8,11-12,17,19H,4-6,10H2,1-3H3. The fourth-order valence-corrected chi connectivity index (χ4v) is 2.17. The van der Waals surface area contributed by atoms with Gasteiger partial charge in [-0.3, -0.25) is 0 Å². The minimum Gasteiger partial charge on any atom is -0.508 e. The molecule has 0 spiro atoms. The molecule has 1 rings (SSSR count). The molecule has 19 heavy (non-hydrogen) atoms. The molecule has 4 nitrogen and oxygen atoms in total. The number of anilines is 1. The largest absolute Gasteiger partial charge is 0.508 e. The Morgan fingerprint density at radius 1 is 1.42 bits per heavy atom. The summed E-state index contributed by atoms with van der Waals surface area (Å²) >= 11 is 0. The zero-order valence-electron chi connectivity index (χ0n) is 12.0. The molecule has 0 bridgehead atoms. The van der Waals surface area contributed by atoms with Crippen LogP contribution in [0.3, 0.4) is 0 Å². The monoisotopic (exact) mass is 261 g/mol. The van der Waals surface area contributed by atoms with Gasteiger partial charge < -0.3 is 15.3 Å². The number of nitrogens with zero attached hydrogens (tertiary/aromatic N) is 2. The minimum atomic E-state index is 0.133. The predicted octanol–water partition coefficient (Wildman–Crippen LogP) is 2.80. The molecule has 1 aromatic carbocycles. The fourth-order valence-electron chi connectivity index (χ4n) is 2.17. The summed E-state index contributed by atoms with van der Waals surface area (Å²) in [6.07, 6.45) is 0.490. The average Bonchev–Trinajstić information content (AvgIpc) is 2.40. The summed E-state index contributed by atoms with van der Waals surface area (Å²) in [5.41, 5.74) is 1.87. The first-order valence-electron chi connectivity index (χ1n) is 6.82. The van der Waals surface area contributed by atoms with Crippen LogP contribution in [0.4, 0.5) is 5.69 Å². The van der Waals surface area contributed by atoms with Gasteiger partial charge in [0.2, 0.25) is 0 Å². The number of nitriles is 1. The average molecular weight is 261 g/mol. The number of hydrogen-bond acceptors (Lipinski definition) is 4. The van der Waals surface area contributed by atoms with Gasteiger partial charge >= 0.3 is 0 Å². The topological polar surface area (TPSA) is 59.3 Å². The second-order valence-corrected chi connectivity index (χ2v) is 4.51. The van der Waals surface area contributed by atoms with E-state index in [9.17, 15) is 5.11 Å². The van der Waals surface area contributed by atoms with E-state index >= 15 is 0 Å². The Bertz CT molecular complexity index is 440. The van der Waals surface area contributed by atoms with Crippen molar-refractivity contribution in [1.82, 2.24) is 5.32 Å². The molecule has 0 heterocycles. The molecule has 0 radical (unpaired) electrons. The van der Waals surface area contributed by atoms with Crippen molar-refractivity contribution in [2.24, 2.45) is 0 Å². The van der Waals surface area contributed by atoms with E-state index in [0.717, 1.165) is 24.3 Å². The van der Waals surface area contributed by atoms with E-state index in [-0.39, 0.29) is 6.04 Å². The number of aromatic hydroxyl groups is 1. The van der Waals surface area contributed by atoms with Crippen molar-refractivity contribution >= 4 is 5.69 Å². The molecule has 1 unspecified atom stereocenters. The van der Waals surface area contributed by atoms with E-state index in [1.807, 2.05) is 32.9 Å². The smallest absolute Gasteiger partial charge is 0.122 e. The van der Waals surface area contributed by atoms with Crippen LogP contribution < -0.4 is 10.2 Å². The molecule has 0 aromatic heterocycles. The lowest BCUT2D eigenvalue weighted by molar-refractivity contribution is 0.454. The zero-order chi connectivity index (χ0) is 14.3. The fraction of sp³-hybridized carbons (Fsp3) is 0.533. The molecule has 2 N–H and O–H groups in total. The third-order valence-electron chi connectivity index (χ3n) is 3.23. The van der Waals surface area contributed by atoms with Crippen LogP contribution in [0.1, 0.15) is 38.8 Å². The van der Waals surface area contributed by atoms with Gasteiger partial charge in [0.05, 0.1) is 12.5 Å². The maximum Gasteiger partial charge on any atom is 0.122 e. The molecular weight excluding hydrogens is 238 g/mol. The van der Waals surface area contributed by atoms with Crippen molar-refractivity contribution in [2.45, 2.75) is 33.2 Å². The van der Waals surface area contributed by atoms with Crippen molar-refractivity contribution in [3.63, 3.8) is 0 Å². The Labute approximate surface area is 115 Å². The summed E-state index contributed by atoms with van der Waals surface area (Å²) in [7, 11) is 0. The quantitative estimate of drug-likeness (QED) is 0.792. The summed E-state index contributed by atoms with van der Waals surface area (Å²) in [5, 5.41) is 22.1. The first-order valence-corrected chi connectivity index (χ1v) is 6.82. The lowest BCUT2D eigenvalue weighted by Crippen LogP contribution is -2.24. The van der Waals surface area contributed by atoms with E-state index in [1.54, 1.807) is 6.07 Å². The highest BCUT2D eigenvalue weighted by atomic mass is 16.3. The van der Waals surface area contributed by atoms with Crippen LogP contribution in [0.2, 0.25) is 0 Å². The van der Waals surface area contributed by atoms with E-state index in [1.165, 1.54) is 0 Å². The molecule has 0 aliphatic heterocycles. The van der Waals surface area contributed by atoms with Gasteiger partial charge in [-0.15, -0.1) is 0 Å². The van der Waals surface area contributed by atoms with Gasteiger partial charge in [0.1, 0.15) is 5.75 Å². The van der Waals surface area contributed by atoms with Crippen LogP contribution in [0.15, 0.2) is 18.2 Å². The van der Waals surface area contributed by atoms with Gasteiger partial charge in [-0.25, -0.2) is 0 Å². The molecule has 0 aliphatic rings. The third kappa shape index (κ3) is 4.15. The van der Waals surface area contributed by atoms with Gasteiger partial charge in [-0.2, -0.15) is 5.26 Å². The first-order chi connectivity index (χ1) is 9.13. The molecule has 104 valence electrons. The van der Waals surface area contributed by atoms with E-state index < -0.39 is 0 Å². The number of benzene rings is 1. The normalized spacial score (nSPS) is 11.9. The number of phenols is 1. The summed E-state index contributed by atoms with van der Waals surface area (Å²) in [4.78, 5) is 2.09. The highest BCUT2D eigenvalue weighted by Crippen LogP contribution is 2.29. The molecule has 0 aliphatic carbocycles. The Kier molecular flexibility index (Phi) is 6.17. The lowest BCUT2D eigenvalue weighted by atomic mass is 10.1. The Morgan fingerprint density at radius 2 is 2.16 bits per heavy atom. The molecule has 1 aromatic rings. The Hall–Kier alpha value is -1.73. The summed E-state index contributed by atoms with van der Waals surface area (Å²) in [5.74, 6) is 0.307. The predicted molar refractivity (Wildman–Crippen MR) is 78.3 cm³/mol. The van der Waals surface area contributed by atoms with Gasteiger partial charge in [-0.1, -0.05) is 13.0 Å². The van der Waals surface area contributed by atoms with Crippen molar-refractivity contribution in [1.29, 1.82) is 5.26 Å². The molecule has 0 saturated carbocycles. The summed E-state index contributed by atoms with van der Waals surface area (Å²) < 4.78 is 0. The van der Waals surface area contributed by atoms with Crippen LogP contribution in [-0.4, -0.2) is 24.7 Å². The SMILES string of the molecule is CCNC(C)c1ccc(N(CC)CCC#N)cc1O. The molecule has 1 atom stereocenters. The van der Waals surface area contributed by atoms with Gasteiger partial charge in [-0.05, 0) is 26.5 Å². The summed E-state index contributed by atoms with van der Waals surface area (Å²) in [6.45, 7) is 8.50. The van der Waals surface area contributed by atoms with Crippen LogP contribution in [0, 0.1) is 11.3 Å². The van der Waals surface area contributed by atoms with E-state index in [4.69, 9.17) is 5.26 Å².